The lowest BCUT2D eigenvalue weighted by Gasteiger charge is -2.38. The smallest absolute Gasteiger partial charge is 0.303 e. The number of hydrogen-bond donors (Lipinski definition) is 1. The molecule has 0 radical (unpaired) electrons. The van der Waals surface area contributed by atoms with E-state index >= 15 is 0 Å². The van der Waals surface area contributed by atoms with Crippen molar-refractivity contribution < 1.29 is 14.7 Å². The molecule has 1 saturated carbocycles. The van der Waals surface area contributed by atoms with Crippen LogP contribution in [0.15, 0.2) is 0 Å². The molecule has 0 aromatic heterocycles. The number of aliphatic carboxylic acids is 1. The van der Waals surface area contributed by atoms with Crippen LogP contribution in [-0.2, 0) is 9.59 Å². The average Bonchev–Trinajstić information content (AvgIpc) is 2.39. The number of hydrogen-bond acceptors (Lipinski definition) is 3. The minimum atomic E-state index is -0.760. The van der Waals surface area contributed by atoms with Crippen molar-refractivity contribution in [3.05, 3.63) is 0 Å². The van der Waals surface area contributed by atoms with E-state index in [-0.39, 0.29) is 17.7 Å². The van der Waals surface area contributed by atoms with E-state index < -0.39 is 5.97 Å². The maximum absolute atomic E-state index is 12.4. The van der Waals surface area contributed by atoms with Gasteiger partial charge in [0, 0.05) is 31.0 Å². The molecule has 1 heterocycles. The van der Waals surface area contributed by atoms with Gasteiger partial charge in [0.2, 0.25) is 5.91 Å². The van der Waals surface area contributed by atoms with Gasteiger partial charge in [-0.15, -0.1) is 0 Å². The molecule has 2 fully saturated rings. The second-order valence-corrected chi connectivity index (χ2v) is 7.03. The molecule has 1 amide bonds. The summed E-state index contributed by atoms with van der Waals surface area (Å²) in [6, 6.07) is 0. The molecule has 0 bridgehead atoms. The summed E-state index contributed by atoms with van der Waals surface area (Å²) in [6.45, 7) is 1.65. The number of rotatable bonds is 4. The number of thioether (sulfide) groups is 1. The van der Waals surface area contributed by atoms with Crippen molar-refractivity contribution in [3.63, 3.8) is 0 Å². The monoisotopic (exact) mass is 285 g/mol. The zero-order valence-corrected chi connectivity index (χ0v) is 12.2. The second kappa shape index (κ2) is 6.64. The molecule has 1 N–H and O–H groups in total. The standard InChI is InChI=1S/C14H23NO3S/c16-12(15-6-8-19-9-7-15)10-14(11-13(17)18)4-2-1-3-5-14/h1-11H2,(H,17,18). The highest BCUT2D eigenvalue weighted by Gasteiger charge is 2.37. The van der Waals surface area contributed by atoms with Gasteiger partial charge in [0.1, 0.15) is 0 Å². The Morgan fingerprint density at radius 2 is 1.68 bits per heavy atom. The molecule has 0 aromatic rings. The van der Waals surface area contributed by atoms with Crippen LogP contribution in [0.3, 0.4) is 0 Å². The molecule has 0 spiro atoms. The van der Waals surface area contributed by atoms with E-state index in [4.69, 9.17) is 5.11 Å². The molecule has 0 aromatic carbocycles. The first-order chi connectivity index (χ1) is 9.11. The summed E-state index contributed by atoms with van der Waals surface area (Å²) in [5, 5.41) is 9.13. The first kappa shape index (κ1) is 14.7. The van der Waals surface area contributed by atoms with Crippen LogP contribution in [0.1, 0.15) is 44.9 Å². The Bertz CT molecular complexity index is 334. The minimum Gasteiger partial charge on any atom is -0.481 e. The Morgan fingerprint density at radius 3 is 2.26 bits per heavy atom. The number of nitrogens with zero attached hydrogens (tertiary/aromatic N) is 1. The van der Waals surface area contributed by atoms with E-state index in [2.05, 4.69) is 0 Å². The number of carbonyl (C=O) groups excluding carboxylic acids is 1. The lowest BCUT2D eigenvalue weighted by Crippen LogP contribution is -2.41. The van der Waals surface area contributed by atoms with Crippen LogP contribution in [0.25, 0.3) is 0 Å². The predicted octanol–water partition coefficient (Wildman–Crippen LogP) is 2.38. The van der Waals surface area contributed by atoms with E-state index in [0.29, 0.717) is 6.42 Å². The van der Waals surface area contributed by atoms with Crippen molar-refractivity contribution in [2.45, 2.75) is 44.9 Å². The van der Waals surface area contributed by atoms with Crippen molar-refractivity contribution in [1.82, 2.24) is 4.90 Å². The Morgan fingerprint density at radius 1 is 1.05 bits per heavy atom. The summed E-state index contributed by atoms with van der Waals surface area (Å²) in [4.78, 5) is 25.4. The van der Waals surface area contributed by atoms with Gasteiger partial charge >= 0.3 is 5.97 Å². The third-order valence-electron chi connectivity index (χ3n) is 4.33. The summed E-state index contributed by atoms with van der Waals surface area (Å²) < 4.78 is 0. The van der Waals surface area contributed by atoms with E-state index in [9.17, 15) is 9.59 Å². The SMILES string of the molecule is O=C(O)CC1(CC(=O)N2CCSCC2)CCCCC1. The minimum absolute atomic E-state index is 0.154. The third kappa shape index (κ3) is 4.13. The summed E-state index contributed by atoms with van der Waals surface area (Å²) in [6.07, 6.45) is 5.69. The van der Waals surface area contributed by atoms with Gasteiger partial charge in [-0.3, -0.25) is 9.59 Å². The lowest BCUT2D eigenvalue weighted by atomic mass is 9.69. The van der Waals surface area contributed by atoms with E-state index in [1.165, 1.54) is 6.42 Å². The Balaban J connectivity index is 1.98. The second-order valence-electron chi connectivity index (χ2n) is 5.80. The zero-order valence-electron chi connectivity index (χ0n) is 11.4. The van der Waals surface area contributed by atoms with E-state index in [1.807, 2.05) is 16.7 Å². The van der Waals surface area contributed by atoms with Gasteiger partial charge in [-0.25, -0.2) is 0 Å². The molecule has 2 rings (SSSR count). The van der Waals surface area contributed by atoms with Gasteiger partial charge < -0.3 is 10.0 Å². The summed E-state index contributed by atoms with van der Waals surface area (Å²) in [5.74, 6) is 1.43. The molecule has 1 aliphatic heterocycles. The molecule has 1 saturated heterocycles. The van der Waals surface area contributed by atoms with Crippen LogP contribution in [0.4, 0.5) is 0 Å². The highest BCUT2D eigenvalue weighted by molar-refractivity contribution is 7.99. The molecule has 19 heavy (non-hydrogen) atoms. The van der Waals surface area contributed by atoms with Crippen molar-refractivity contribution in [2.75, 3.05) is 24.6 Å². The number of carboxylic acids is 1. The van der Waals surface area contributed by atoms with Gasteiger partial charge in [0.15, 0.2) is 0 Å². The van der Waals surface area contributed by atoms with Gasteiger partial charge in [-0.1, -0.05) is 19.3 Å². The van der Waals surface area contributed by atoms with Crippen molar-refractivity contribution in [1.29, 1.82) is 0 Å². The number of carbonyl (C=O) groups is 2. The fourth-order valence-electron chi connectivity index (χ4n) is 3.28. The van der Waals surface area contributed by atoms with Crippen LogP contribution < -0.4 is 0 Å². The van der Waals surface area contributed by atoms with E-state index in [0.717, 1.165) is 50.3 Å². The zero-order chi connectivity index (χ0) is 13.7. The largest absolute Gasteiger partial charge is 0.481 e. The van der Waals surface area contributed by atoms with Crippen LogP contribution >= 0.6 is 11.8 Å². The van der Waals surface area contributed by atoms with Crippen molar-refractivity contribution in [3.8, 4) is 0 Å². The molecular weight excluding hydrogens is 262 g/mol. The number of carboxylic acid groups (broad SMARTS) is 1. The van der Waals surface area contributed by atoms with Gasteiger partial charge in [0.05, 0.1) is 6.42 Å². The quantitative estimate of drug-likeness (QED) is 0.861. The molecule has 1 aliphatic carbocycles. The normalized spacial score (nSPS) is 23.1. The highest BCUT2D eigenvalue weighted by atomic mass is 32.2. The lowest BCUT2D eigenvalue weighted by molar-refractivity contribution is -0.142. The fourth-order valence-corrected chi connectivity index (χ4v) is 4.19. The maximum Gasteiger partial charge on any atom is 0.303 e. The average molecular weight is 285 g/mol. The van der Waals surface area contributed by atoms with Crippen LogP contribution in [0.2, 0.25) is 0 Å². The summed E-state index contributed by atoms with van der Waals surface area (Å²) >= 11 is 1.88. The molecule has 108 valence electrons. The first-order valence-corrected chi connectivity index (χ1v) is 8.34. The predicted molar refractivity (Wildman–Crippen MR) is 76.3 cm³/mol. The molecule has 4 nitrogen and oxygen atoms in total. The van der Waals surface area contributed by atoms with Crippen LogP contribution in [0, 0.1) is 5.41 Å². The maximum atomic E-state index is 12.4. The Kier molecular flexibility index (Phi) is 5.13. The first-order valence-electron chi connectivity index (χ1n) is 7.19. The van der Waals surface area contributed by atoms with Gasteiger partial charge in [-0.05, 0) is 18.3 Å². The highest BCUT2D eigenvalue weighted by Crippen LogP contribution is 2.42. The molecule has 0 atom stereocenters. The Hall–Kier alpha value is -0.710. The van der Waals surface area contributed by atoms with Crippen LogP contribution in [-0.4, -0.2) is 46.5 Å². The fraction of sp³-hybridized carbons (Fsp3) is 0.857. The van der Waals surface area contributed by atoms with Gasteiger partial charge in [-0.2, -0.15) is 11.8 Å². The van der Waals surface area contributed by atoms with E-state index in [1.54, 1.807) is 0 Å². The topological polar surface area (TPSA) is 57.6 Å². The summed E-state index contributed by atoms with van der Waals surface area (Å²) in [5.41, 5.74) is -0.272. The third-order valence-corrected chi connectivity index (χ3v) is 5.27. The number of amides is 1. The van der Waals surface area contributed by atoms with Crippen molar-refractivity contribution >= 4 is 23.6 Å². The summed E-state index contributed by atoms with van der Waals surface area (Å²) in [7, 11) is 0. The van der Waals surface area contributed by atoms with Crippen LogP contribution in [0.5, 0.6) is 0 Å². The van der Waals surface area contributed by atoms with Crippen molar-refractivity contribution in [2.24, 2.45) is 5.41 Å². The molecular formula is C14H23NO3S. The van der Waals surface area contributed by atoms with Gasteiger partial charge in [0.25, 0.3) is 0 Å². The molecule has 5 heteroatoms. The Labute approximate surface area is 118 Å². The molecule has 2 aliphatic rings. The molecule has 0 unspecified atom stereocenters.